The van der Waals surface area contributed by atoms with Gasteiger partial charge in [0.2, 0.25) is 10.0 Å². The number of halogens is 1. The van der Waals surface area contributed by atoms with Gasteiger partial charge >= 0.3 is 0 Å². The molecule has 1 aliphatic rings. The fraction of sp³-hybridized carbons (Fsp3) is 0.600. The Bertz CT molecular complexity index is 593. The highest BCUT2D eigenvalue weighted by Crippen LogP contribution is 2.28. The molecule has 0 bridgehead atoms. The Labute approximate surface area is 131 Å². The average Bonchev–Trinajstić information content (AvgIpc) is 2.40. The summed E-state index contributed by atoms with van der Waals surface area (Å²) in [6, 6.07) is 3.10. The normalized spacial score (nSPS) is 18.2. The van der Waals surface area contributed by atoms with Crippen molar-refractivity contribution in [1.29, 1.82) is 0 Å². The predicted molar refractivity (Wildman–Crippen MR) is 84.0 cm³/mol. The Morgan fingerprint density at radius 1 is 1.14 bits per heavy atom. The standard InChI is InChI=1S/C15H22ClNO3S/c1-12-13(11-18)9-14(16)10-15(12)21(19,20)17-7-5-3-2-4-6-8-17/h9-10,18H,2-8,11H2,1H3. The van der Waals surface area contributed by atoms with Gasteiger partial charge in [0.25, 0.3) is 0 Å². The van der Waals surface area contributed by atoms with Crippen LogP contribution in [-0.2, 0) is 16.6 Å². The SMILES string of the molecule is Cc1c(CO)cc(Cl)cc1S(=O)(=O)N1CCCCCCC1. The summed E-state index contributed by atoms with van der Waals surface area (Å²) in [5, 5.41) is 9.70. The molecular formula is C15H22ClNO3S. The van der Waals surface area contributed by atoms with E-state index in [1.54, 1.807) is 17.3 Å². The molecule has 1 aromatic carbocycles. The summed E-state index contributed by atoms with van der Waals surface area (Å²) in [4.78, 5) is 0.222. The fourth-order valence-corrected chi connectivity index (χ4v) is 4.85. The van der Waals surface area contributed by atoms with Crippen LogP contribution in [-0.4, -0.2) is 30.9 Å². The molecule has 1 fully saturated rings. The molecule has 1 heterocycles. The third kappa shape index (κ3) is 3.77. The van der Waals surface area contributed by atoms with E-state index in [-0.39, 0.29) is 11.5 Å². The molecule has 1 aromatic rings. The summed E-state index contributed by atoms with van der Waals surface area (Å²) < 4.78 is 27.3. The zero-order valence-corrected chi connectivity index (χ0v) is 13.9. The molecule has 118 valence electrons. The van der Waals surface area contributed by atoms with Gasteiger partial charge in [-0.1, -0.05) is 30.9 Å². The summed E-state index contributed by atoms with van der Waals surface area (Å²) >= 11 is 6.01. The van der Waals surface area contributed by atoms with E-state index < -0.39 is 10.0 Å². The second-order valence-corrected chi connectivity index (χ2v) is 7.86. The molecule has 0 amide bonds. The summed E-state index contributed by atoms with van der Waals surface area (Å²) in [5.41, 5.74) is 1.15. The van der Waals surface area contributed by atoms with Gasteiger partial charge in [-0.15, -0.1) is 0 Å². The second-order valence-electron chi connectivity index (χ2n) is 5.52. The van der Waals surface area contributed by atoms with Crippen molar-refractivity contribution in [3.05, 3.63) is 28.3 Å². The number of hydrogen-bond acceptors (Lipinski definition) is 3. The van der Waals surface area contributed by atoms with Gasteiger partial charge in [0.15, 0.2) is 0 Å². The van der Waals surface area contributed by atoms with Gasteiger partial charge < -0.3 is 5.11 Å². The molecule has 1 saturated heterocycles. The maximum atomic E-state index is 12.9. The molecule has 0 aliphatic carbocycles. The highest BCUT2D eigenvalue weighted by atomic mass is 35.5. The molecule has 0 radical (unpaired) electrons. The Balaban J connectivity index is 2.40. The van der Waals surface area contributed by atoms with E-state index in [9.17, 15) is 13.5 Å². The average molecular weight is 332 g/mol. The van der Waals surface area contributed by atoms with Crippen molar-refractivity contribution < 1.29 is 13.5 Å². The number of sulfonamides is 1. The minimum atomic E-state index is -3.55. The molecule has 1 aliphatic heterocycles. The highest BCUT2D eigenvalue weighted by molar-refractivity contribution is 7.89. The lowest BCUT2D eigenvalue weighted by atomic mass is 10.1. The van der Waals surface area contributed by atoms with E-state index in [1.165, 1.54) is 12.5 Å². The first-order valence-corrected chi connectivity index (χ1v) is 9.18. The second kappa shape index (κ2) is 7.09. The first kappa shape index (κ1) is 16.7. The molecule has 0 unspecified atom stereocenters. The van der Waals surface area contributed by atoms with Crippen LogP contribution in [0, 0.1) is 6.92 Å². The molecule has 21 heavy (non-hydrogen) atoms. The van der Waals surface area contributed by atoms with Crippen molar-refractivity contribution >= 4 is 21.6 Å². The van der Waals surface area contributed by atoms with Crippen molar-refractivity contribution in [1.82, 2.24) is 4.31 Å². The molecule has 0 atom stereocenters. The Morgan fingerprint density at radius 2 is 1.71 bits per heavy atom. The van der Waals surface area contributed by atoms with Gasteiger partial charge in [-0.25, -0.2) is 8.42 Å². The van der Waals surface area contributed by atoms with Crippen molar-refractivity contribution in [3.8, 4) is 0 Å². The fourth-order valence-electron chi connectivity index (χ4n) is 2.74. The van der Waals surface area contributed by atoms with Gasteiger partial charge in [-0.05, 0) is 43.0 Å². The first-order chi connectivity index (χ1) is 9.96. The third-order valence-electron chi connectivity index (χ3n) is 4.04. The van der Waals surface area contributed by atoms with Crippen LogP contribution in [0.4, 0.5) is 0 Å². The molecule has 0 saturated carbocycles. The summed E-state index contributed by atoms with van der Waals surface area (Å²) in [7, 11) is -3.55. The van der Waals surface area contributed by atoms with Gasteiger partial charge in [0.1, 0.15) is 0 Å². The van der Waals surface area contributed by atoms with Crippen molar-refractivity contribution in [2.24, 2.45) is 0 Å². The van der Waals surface area contributed by atoms with Crippen LogP contribution in [0.2, 0.25) is 5.02 Å². The van der Waals surface area contributed by atoms with Gasteiger partial charge in [0.05, 0.1) is 11.5 Å². The summed E-state index contributed by atoms with van der Waals surface area (Å²) in [6.07, 6.45) is 5.11. The van der Waals surface area contributed by atoms with E-state index in [4.69, 9.17) is 11.6 Å². The van der Waals surface area contributed by atoms with Crippen LogP contribution in [0.5, 0.6) is 0 Å². The number of aliphatic hydroxyl groups is 1. The van der Waals surface area contributed by atoms with E-state index in [0.29, 0.717) is 29.2 Å². The van der Waals surface area contributed by atoms with Crippen LogP contribution in [0.1, 0.15) is 43.2 Å². The van der Waals surface area contributed by atoms with E-state index in [1.807, 2.05) is 0 Å². The number of hydrogen-bond donors (Lipinski definition) is 1. The Morgan fingerprint density at radius 3 is 2.29 bits per heavy atom. The maximum absolute atomic E-state index is 12.9. The molecule has 0 spiro atoms. The molecule has 4 nitrogen and oxygen atoms in total. The van der Waals surface area contributed by atoms with Crippen LogP contribution in [0.15, 0.2) is 17.0 Å². The lowest BCUT2D eigenvalue weighted by Gasteiger charge is -2.25. The van der Waals surface area contributed by atoms with Crippen molar-refractivity contribution in [3.63, 3.8) is 0 Å². The summed E-state index contributed by atoms with van der Waals surface area (Å²) in [5.74, 6) is 0. The van der Waals surface area contributed by atoms with E-state index >= 15 is 0 Å². The molecule has 0 aromatic heterocycles. The minimum absolute atomic E-state index is 0.213. The molecule has 1 N–H and O–H groups in total. The minimum Gasteiger partial charge on any atom is -0.392 e. The zero-order chi connectivity index (χ0) is 15.5. The van der Waals surface area contributed by atoms with Crippen LogP contribution >= 0.6 is 11.6 Å². The number of benzene rings is 1. The van der Waals surface area contributed by atoms with Gasteiger partial charge in [-0.2, -0.15) is 4.31 Å². The third-order valence-corrected chi connectivity index (χ3v) is 6.28. The zero-order valence-electron chi connectivity index (χ0n) is 12.3. The highest BCUT2D eigenvalue weighted by Gasteiger charge is 2.27. The lowest BCUT2D eigenvalue weighted by molar-refractivity contribution is 0.280. The quantitative estimate of drug-likeness (QED) is 0.926. The molecule has 2 rings (SSSR count). The number of nitrogens with zero attached hydrogens (tertiary/aromatic N) is 1. The summed E-state index contributed by atoms with van der Waals surface area (Å²) in [6.45, 7) is 2.62. The van der Waals surface area contributed by atoms with Gasteiger partial charge in [-0.3, -0.25) is 0 Å². The Kier molecular flexibility index (Phi) is 5.66. The number of rotatable bonds is 3. The van der Waals surface area contributed by atoms with Crippen molar-refractivity contribution in [2.45, 2.75) is 50.5 Å². The largest absolute Gasteiger partial charge is 0.392 e. The van der Waals surface area contributed by atoms with Crippen molar-refractivity contribution in [2.75, 3.05) is 13.1 Å². The van der Waals surface area contributed by atoms with E-state index in [2.05, 4.69) is 0 Å². The molecule has 6 heteroatoms. The topological polar surface area (TPSA) is 57.6 Å². The van der Waals surface area contributed by atoms with Crippen LogP contribution in [0.25, 0.3) is 0 Å². The molecular weight excluding hydrogens is 310 g/mol. The van der Waals surface area contributed by atoms with E-state index in [0.717, 1.165) is 25.7 Å². The van der Waals surface area contributed by atoms with Crippen LogP contribution in [0.3, 0.4) is 0 Å². The lowest BCUT2D eigenvalue weighted by Crippen LogP contribution is -2.34. The number of aliphatic hydroxyl groups excluding tert-OH is 1. The smallest absolute Gasteiger partial charge is 0.243 e. The predicted octanol–water partition coefficient (Wildman–Crippen LogP) is 3.10. The first-order valence-electron chi connectivity index (χ1n) is 7.37. The monoisotopic (exact) mass is 331 g/mol. The van der Waals surface area contributed by atoms with Crippen LogP contribution < -0.4 is 0 Å². The van der Waals surface area contributed by atoms with Gasteiger partial charge in [0, 0.05) is 18.1 Å². The maximum Gasteiger partial charge on any atom is 0.243 e. The Hall–Kier alpha value is -0.620.